The van der Waals surface area contributed by atoms with Gasteiger partial charge in [0.2, 0.25) is 10.0 Å². The van der Waals surface area contributed by atoms with Crippen molar-refractivity contribution in [1.29, 1.82) is 0 Å². The fraction of sp³-hybridized carbons (Fsp3) is 0.412. The molecule has 2 heterocycles. The largest absolute Gasteiger partial charge is 0.370 e. The maximum absolute atomic E-state index is 13.1. The molecule has 11 heteroatoms. The Morgan fingerprint density at radius 3 is 2.36 bits per heavy atom. The quantitative estimate of drug-likeness (QED) is 0.708. The number of aryl methyl sites for hydroxylation is 1. The van der Waals surface area contributed by atoms with E-state index in [-0.39, 0.29) is 13.1 Å². The SMILES string of the molecule is Cn1cc(S(=O)(=O)N2CCCN(c3ccc(Cl)c(Cl)c3)CC2)c(=O)n(C)c1=O. The first kappa shape index (κ1) is 20.9. The first-order chi connectivity index (χ1) is 13.1. The molecular weight excluding hydrogens is 427 g/mol. The van der Waals surface area contributed by atoms with Gasteiger partial charge in [0.05, 0.1) is 10.0 Å². The molecule has 0 radical (unpaired) electrons. The van der Waals surface area contributed by atoms with Crippen molar-refractivity contribution in [2.24, 2.45) is 14.1 Å². The minimum absolute atomic E-state index is 0.203. The molecule has 1 saturated heterocycles. The van der Waals surface area contributed by atoms with Crippen molar-refractivity contribution in [3.8, 4) is 0 Å². The third-order valence-electron chi connectivity index (χ3n) is 4.76. The van der Waals surface area contributed by atoms with Crippen LogP contribution in [0, 0.1) is 0 Å². The lowest BCUT2D eigenvalue weighted by atomic mass is 10.2. The van der Waals surface area contributed by atoms with Crippen LogP contribution >= 0.6 is 23.2 Å². The maximum atomic E-state index is 13.1. The molecule has 152 valence electrons. The first-order valence-corrected chi connectivity index (χ1v) is 10.8. The van der Waals surface area contributed by atoms with Gasteiger partial charge in [0, 0.05) is 52.2 Å². The Balaban J connectivity index is 1.88. The van der Waals surface area contributed by atoms with Gasteiger partial charge in [-0.2, -0.15) is 4.31 Å². The fourth-order valence-electron chi connectivity index (χ4n) is 3.17. The van der Waals surface area contributed by atoms with E-state index in [2.05, 4.69) is 0 Å². The van der Waals surface area contributed by atoms with Crippen molar-refractivity contribution < 1.29 is 8.42 Å². The number of anilines is 1. The molecule has 1 aromatic carbocycles. The molecule has 0 amide bonds. The predicted octanol–water partition coefficient (Wildman–Crippen LogP) is 1.29. The first-order valence-electron chi connectivity index (χ1n) is 8.59. The number of benzene rings is 1. The van der Waals surface area contributed by atoms with E-state index in [4.69, 9.17) is 23.2 Å². The van der Waals surface area contributed by atoms with Crippen molar-refractivity contribution >= 4 is 38.9 Å². The molecule has 1 fully saturated rings. The van der Waals surface area contributed by atoms with E-state index < -0.39 is 26.2 Å². The van der Waals surface area contributed by atoms with Crippen LogP contribution < -0.4 is 16.1 Å². The minimum Gasteiger partial charge on any atom is -0.370 e. The molecule has 0 saturated carbocycles. The van der Waals surface area contributed by atoms with E-state index in [1.165, 1.54) is 18.4 Å². The number of hydrogen-bond acceptors (Lipinski definition) is 5. The van der Waals surface area contributed by atoms with Gasteiger partial charge in [-0.15, -0.1) is 0 Å². The van der Waals surface area contributed by atoms with Gasteiger partial charge in [0.1, 0.15) is 0 Å². The van der Waals surface area contributed by atoms with Gasteiger partial charge in [-0.25, -0.2) is 13.2 Å². The van der Waals surface area contributed by atoms with Crippen molar-refractivity contribution in [1.82, 2.24) is 13.4 Å². The van der Waals surface area contributed by atoms with Crippen molar-refractivity contribution in [2.45, 2.75) is 11.3 Å². The van der Waals surface area contributed by atoms with E-state index in [9.17, 15) is 18.0 Å². The Morgan fingerprint density at radius 2 is 1.68 bits per heavy atom. The van der Waals surface area contributed by atoms with E-state index in [1.54, 1.807) is 12.1 Å². The second-order valence-corrected chi connectivity index (χ2v) is 9.31. The average Bonchev–Trinajstić information content (AvgIpc) is 2.92. The van der Waals surface area contributed by atoms with Crippen molar-refractivity contribution in [2.75, 3.05) is 31.1 Å². The van der Waals surface area contributed by atoms with Gasteiger partial charge in [-0.3, -0.25) is 9.36 Å². The van der Waals surface area contributed by atoms with Gasteiger partial charge in [-0.05, 0) is 24.6 Å². The van der Waals surface area contributed by atoms with Crippen LogP contribution in [-0.4, -0.2) is 48.0 Å². The Kier molecular flexibility index (Phi) is 5.90. The zero-order valence-corrected chi connectivity index (χ0v) is 17.8. The lowest BCUT2D eigenvalue weighted by Gasteiger charge is -2.24. The summed E-state index contributed by atoms with van der Waals surface area (Å²) in [4.78, 5) is 25.8. The summed E-state index contributed by atoms with van der Waals surface area (Å²) in [5, 5.41) is 0.886. The van der Waals surface area contributed by atoms with Crippen LogP contribution in [0.1, 0.15) is 6.42 Å². The second-order valence-electron chi connectivity index (χ2n) is 6.59. The third kappa shape index (κ3) is 3.84. The fourth-order valence-corrected chi connectivity index (χ4v) is 5.08. The predicted molar refractivity (Wildman–Crippen MR) is 109 cm³/mol. The molecule has 0 aliphatic carbocycles. The number of halogens is 2. The molecule has 28 heavy (non-hydrogen) atoms. The molecule has 0 N–H and O–H groups in total. The molecule has 3 rings (SSSR count). The topological polar surface area (TPSA) is 84.6 Å². The summed E-state index contributed by atoms with van der Waals surface area (Å²) in [5.41, 5.74) is -0.550. The molecule has 0 bridgehead atoms. The highest BCUT2D eigenvalue weighted by Gasteiger charge is 2.30. The molecular formula is C17H20Cl2N4O4S. The summed E-state index contributed by atoms with van der Waals surface area (Å²) in [6.07, 6.45) is 1.66. The van der Waals surface area contributed by atoms with Crippen LogP contribution in [0.3, 0.4) is 0 Å². The molecule has 1 aliphatic rings. The lowest BCUT2D eigenvalue weighted by Crippen LogP contribution is -2.43. The minimum atomic E-state index is -4.03. The number of aromatic nitrogens is 2. The highest BCUT2D eigenvalue weighted by atomic mass is 35.5. The van der Waals surface area contributed by atoms with Gasteiger partial charge in [0.15, 0.2) is 4.90 Å². The summed E-state index contributed by atoms with van der Waals surface area (Å²) < 4.78 is 29.3. The molecule has 1 aromatic heterocycles. The zero-order chi connectivity index (χ0) is 20.6. The normalized spacial score (nSPS) is 16.2. The third-order valence-corrected chi connectivity index (χ3v) is 7.38. The average molecular weight is 447 g/mol. The van der Waals surface area contributed by atoms with Crippen LogP contribution in [0.15, 0.2) is 38.9 Å². The maximum Gasteiger partial charge on any atom is 0.330 e. The highest BCUT2D eigenvalue weighted by molar-refractivity contribution is 7.89. The van der Waals surface area contributed by atoms with Gasteiger partial charge >= 0.3 is 5.69 Å². The van der Waals surface area contributed by atoms with Crippen LogP contribution in [0.4, 0.5) is 5.69 Å². The molecule has 1 aliphatic heterocycles. The van der Waals surface area contributed by atoms with Crippen LogP contribution in [0.2, 0.25) is 10.0 Å². The molecule has 0 spiro atoms. The van der Waals surface area contributed by atoms with Crippen molar-refractivity contribution in [3.63, 3.8) is 0 Å². The summed E-state index contributed by atoms with van der Waals surface area (Å²) in [6, 6.07) is 5.28. The number of nitrogens with zero attached hydrogens (tertiary/aromatic N) is 4. The van der Waals surface area contributed by atoms with Crippen LogP contribution in [-0.2, 0) is 24.1 Å². The summed E-state index contributed by atoms with van der Waals surface area (Å²) in [6.45, 7) is 1.54. The standard InChI is InChI=1S/C17H20Cl2N4O4S/c1-20-11-15(16(24)21(2)17(20)25)28(26,27)23-7-3-6-22(8-9-23)12-4-5-13(18)14(19)10-12/h4-5,10-11H,3,6-9H2,1-2H3. The molecule has 8 nitrogen and oxygen atoms in total. The summed E-state index contributed by atoms with van der Waals surface area (Å²) in [5.74, 6) is 0. The lowest BCUT2D eigenvalue weighted by molar-refractivity contribution is 0.430. The summed E-state index contributed by atoms with van der Waals surface area (Å²) in [7, 11) is -1.36. The van der Waals surface area contributed by atoms with E-state index in [0.717, 1.165) is 21.0 Å². The Morgan fingerprint density at radius 1 is 0.964 bits per heavy atom. The Bertz CT molecular complexity index is 1130. The summed E-state index contributed by atoms with van der Waals surface area (Å²) >= 11 is 12.0. The smallest absolute Gasteiger partial charge is 0.330 e. The van der Waals surface area contributed by atoms with Gasteiger partial charge in [0.25, 0.3) is 5.56 Å². The van der Waals surface area contributed by atoms with Crippen LogP contribution in [0.25, 0.3) is 0 Å². The van der Waals surface area contributed by atoms with Gasteiger partial charge < -0.3 is 9.47 Å². The van der Waals surface area contributed by atoms with E-state index in [1.807, 2.05) is 11.0 Å². The molecule has 0 atom stereocenters. The van der Waals surface area contributed by atoms with Crippen LogP contribution in [0.5, 0.6) is 0 Å². The van der Waals surface area contributed by atoms with E-state index >= 15 is 0 Å². The number of sulfonamides is 1. The Hall–Kier alpha value is -1.81. The molecule has 0 unspecified atom stereocenters. The second kappa shape index (κ2) is 7.90. The zero-order valence-electron chi connectivity index (χ0n) is 15.4. The molecule has 2 aromatic rings. The van der Waals surface area contributed by atoms with Gasteiger partial charge in [-0.1, -0.05) is 23.2 Å². The number of rotatable bonds is 3. The Labute approximate surface area is 172 Å². The van der Waals surface area contributed by atoms with Crippen molar-refractivity contribution in [3.05, 3.63) is 55.3 Å². The monoisotopic (exact) mass is 446 g/mol. The van der Waals surface area contributed by atoms with E-state index in [0.29, 0.717) is 29.6 Å². The number of hydrogen-bond donors (Lipinski definition) is 0. The highest BCUT2D eigenvalue weighted by Crippen LogP contribution is 2.28.